The number of anilines is 1. The zero-order valence-electron chi connectivity index (χ0n) is 11.5. The van der Waals surface area contributed by atoms with Gasteiger partial charge >= 0.3 is 0 Å². The number of amides is 2. The zero-order chi connectivity index (χ0) is 15.5. The molecule has 1 fully saturated rings. The third kappa shape index (κ3) is 3.36. The van der Waals surface area contributed by atoms with Crippen LogP contribution in [0.2, 0.25) is 0 Å². The summed E-state index contributed by atoms with van der Waals surface area (Å²) in [5.74, 6) is -2.93. The normalized spacial score (nSPS) is 15.4. The Morgan fingerprint density at radius 1 is 1.24 bits per heavy atom. The smallest absolute Gasteiger partial charge is 0.240 e. The quantitative estimate of drug-likeness (QED) is 0.617. The summed E-state index contributed by atoms with van der Waals surface area (Å²) in [6.45, 7) is 0.669. The Hall–Kier alpha value is -2.02. The van der Waals surface area contributed by atoms with Gasteiger partial charge in [0, 0.05) is 25.4 Å². The molecule has 1 aromatic rings. The van der Waals surface area contributed by atoms with Crippen LogP contribution in [0.1, 0.15) is 12.8 Å². The van der Waals surface area contributed by atoms with Gasteiger partial charge in [-0.1, -0.05) is 0 Å². The second-order valence-electron chi connectivity index (χ2n) is 4.91. The maximum atomic E-state index is 13.1. The van der Waals surface area contributed by atoms with E-state index in [0.29, 0.717) is 26.0 Å². The third-order valence-corrected chi connectivity index (χ3v) is 3.39. The molecule has 0 saturated heterocycles. The second kappa shape index (κ2) is 6.17. The number of methoxy groups -OCH3 is 1. The first-order valence-electron chi connectivity index (χ1n) is 6.53. The van der Waals surface area contributed by atoms with Crippen molar-refractivity contribution < 1.29 is 23.1 Å². The van der Waals surface area contributed by atoms with Gasteiger partial charge in [-0.3, -0.25) is 9.59 Å². The highest BCUT2D eigenvalue weighted by molar-refractivity contribution is 6.13. The van der Waals surface area contributed by atoms with Gasteiger partial charge in [0.1, 0.15) is 5.41 Å². The lowest BCUT2D eigenvalue weighted by atomic mass is 10.1. The van der Waals surface area contributed by atoms with Crippen molar-refractivity contribution in [2.45, 2.75) is 12.8 Å². The Balaban J connectivity index is 1.99. The molecule has 2 amide bonds. The molecule has 0 aliphatic heterocycles. The van der Waals surface area contributed by atoms with Crippen LogP contribution in [-0.2, 0) is 14.3 Å². The summed E-state index contributed by atoms with van der Waals surface area (Å²) < 4.78 is 30.7. The van der Waals surface area contributed by atoms with E-state index in [-0.39, 0.29) is 11.6 Å². The molecule has 0 unspecified atom stereocenters. The van der Waals surface area contributed by atoms with Crippen molar-refractivity contribution in [1.82, 2.24) is 5.32 Å². The first-order chi connectivity index (χ1) is 9.99. The molecule has 1 saturated carbocycles. The van der Waals surface area contributed by atoms with E-state index in [0.717, 1.165) is 12.1 Å². The lowest BCUT2D eigenvalue weighted by Gasteiger charge is -2.15. The molecule has 21 heavy (non-hydrogen) atoms. The standard InChI is InChI=1S/C14H16F2N2O3/c1-21-7-6-17-12(19)14(4-5-14)13(20)18-9-2-3-10(15)11(16)8-9/h2-3,8H,4-7H2,1H3,(H,17,19)(H,18,20). The van der Waals surface area contributed by atoms with Crippen molar-refractivity contribution in [3.05, 3.63) is 29.8 Å². The van der Waals surface area contributed by atoms with Crippen LogP contribution in [0.15, 0.2) is 18.2 Å². The van der Waals surface area contributed by atoms with Crippen LogP contribution in [0.25, 0.3) is 0 Å². The Kier molecular flexibility index (Phi) is 4.52. The fourth-order valence-corrected chi connectivity index (χ4v) is 1.94. The number of ether oxygens (including phenoxy) is 1. The molecule has 7 heteroatoms. The van der Waals surface area contributed by atoms with Gasteiger partial charge in [-0.2, -0.15) is 0 Å². The van der Waals surface area contributed by atoms with Crippen LogP contribution >= 0.6 is 0 Å². The second-order valence-corrected chi connectivity index (χ2v) is 4.91. The highest BCUT2D eigenvalue weighted by atomic mass is 19.2. The first-order valence-corrected chi connectivity index (χ1v) is 6.53. The molecule has 0 heterocycles. The summed E-state index contributed by atoms with van der Waals surface area (Å²) in [5.41, 5.74) is -0.992. The monoisotopic (exact) mass is 298 g/mol. The lowest BCUT2D eigenvalue weighted by molar-refractivity contribution is -0.134. The minimum Gasteiger partial charge on any atom is -0.383 e. The molecular formula is C14H16F2N2O3. The van der Waals surface area contributed by atoms with Crippen LogP contribution < -0.4 is 10.6 Å². The van der Waals surface area contributed by atoms with Gasteiger partial charge in [0.2, 0.25) is 11.8 Å². The number of carbonyl (C=O) groups excluding carboxylic acids is 2. The number of rotatable bonds is 6. The van der Waals surface area contributed by atoms with Crippen LogP contribution in [0.5, 0.6) is 0 Å². The van der Waals surface area contributed by atoms with Crippen LogP contribution in [0.3, 0.4) is 0 Å². The number of nitrogens with one attached hydrogen (secondary N) is 2. The molecule has 0 aromatic heterocycles. The average molecular weight is 298 g/mol. The molecular weight excluding hydrogens is 282 g/mol. The molecule has 1 aliphatic carbocycles. The summed E-state index contributed by atoms with van der Waals surface area (Å²) in [7, 11) is 1.51. The maximum absolute atomic E-state index is 13.1. The van der Waals surface area contributed by atoms with E-state index in [1.54, 1.807) is 0 Å². The molecule has 1 aromatic carbocycles. The third-order valence-electron chi connectivity index (χ3n) is 3.39. The van der Waals surface area contributed by atoms with Gasteiger partial charge in [0.15, 0.2) is 11.6 Å². The minimum absolute atomic E-state index is 0.120. The van der Waals surface area contributed by atoms with Gasteiger partial charge in [-0.25, -0.2) is 8.78 Å². The summed E-state index contributed by atoms with van der Waals surface area (Å²) in [6.07, 6.45) is 0.864. The number of carbonyl (C=O) groups is 2. The first kappa shape index (κ1) is 15.4. The van der Waals surface area contributed by atoms with Crippen molar-refractivity contribution in [3.63, 3.8) is 0 Å². The summed E-state index contributed by atoms with van der Waals surface area (Å²) >= 11 is 0. The largest absolute Gasteiger partial charge is 0.383 e. The highest BCUT2D eigenvalue weighted by Crippen LogP contribution is 2.46. The van der Waals surface area contributed by atoms with Crippen molar-refractivity contribution in [1.29, 1.82) is 0 Å². The van der Waals surface area contributed by atoms with E-state index >= 15 is 0 Å². The van der Waals surface area contributed by atoms with E-state index in [9.17, 15) is 18.4 Å². The SMILES string of the molecule is COCCNC(=O)C1(C(=O)Nc2ccc(F)c(F)c2)CC1. The summed E-state index contributed by atoms with van der Waals surface area (Å²) in [5, 5.41) is 5.06. The van der Waals surface area contributed by atoms with Crippen LogP contribution in [0, 0.1) is 17.0 Å². The predicted octanol–water partition coefficient (Wildman–Crippen LogP) is 1.45. The fourth-order valence-electron chi connectivity index (χ4n) is 1.94. The van der Waals surface area contributed by atoms with E-state index in [1.807, 2.05) is 0 Å². The Morgan fingerprint density at radius 3 is 2.52 bits per heavy atom. The number of halogens is 2. The number of benzene rings is 1. The molecule has 0 spiro atoms. The van der Waals surface area contributed by atoms with Crippen molar-refractivity contribution >= 4 is 17.5 Å². The van der Waals surface area contributed by atoms with Crippen molar-refractivity contribution in [2.75, 3.05) is 25.6 Å². The Morgan fingerprint density at radius 2 is 1.95 bits per heavy atom. The van der Waals surface area contributed by atoms with Crippen LogP contribution in [0.4, 0.5) is 14.5 Å². The van der Waals surface area contributed by atoms with E-state index < -0.39 is 23.0 Å². The topological polar surface area (TPSA) is 67.4 Å². The average Bonchev–Trinajstić information content (AvgIpc) is 3.25. The maximum Gasteiger partial charge on any atom is 0.240 e. The molecule has 114 valence electrons. The van der Waals surface area contributed by atoms with E-state index in [1.165, 1.54) is 13.2 Å². The Bertz CT molecular complexity index is 559. The molecule has 2 N–H and O–H groups in total. The van der Waals surface area contributed by atoms with Gasteiger partial charge in [0.05, 0.1) is 6.61 Å². The number of hydrogen-bond donors (Lipinski definition) is 2. The number of hydrogen-bond acceptors (Lipinski definition) is 3. The highest BCUT2D eigenvalue weighted by Gasteiger charge is 2.56. The van der Waals surface area contributed by atoms with E-state index in [4.69, 9.17) is 4.74 Å². The van der Waals surface area contributed by atoms with Crippen molar-refractivity contribution in [2.24, 2.45) is 5.41 Å². The lowest BCUT2D eigenvalue weighted by Crippen LogP contribution is -2.41. The van der Waals surface area contributed by atoms with Gasteiger partial charge in [-0.05, 0) is 25.0 Å². The molecule has 2 rings (SSSR count). The van der Waals surface area contributed by atoms with Crippen molar-refractivity contribution in [3.8, 4) is 0 Å². The predicted molar refractivity (Wildman–Crippen MR) is 71.5 cm³/mol. The van der Waals surface area contributed by atoms with E-state index in [2.05, 4.69) is 10.6 Å². The fraction of sp³-hybridized carbons (Fsp3) is 0.429. The van der Waals surface area contributed by atoms with Gasteiger partial charge < -0.3 is 15.4 Å². The molecule has 0 radical (unpaired) electrons. The summed E-state index contributed by atoms with van der Waals surface area (Å²) in [4.78, 5) is 24.1. The minimum atomic E-state index is -1.11. The van der Waals surface area contributed by atoms with Crippen LogP contribution in [-0.4, -0.2) is 32.1 Å². The molecule has 0 bridgehead atoms. The van der Waals surface area contributed by atoms with Gasteiger partial charge in [-0.15, -0.1) is 0 Å². The Labute approximate surface area is 120 Å². The summed E-state index contributed by atoms with van der Waals surface area (Å²) in [6, 6.07) is 3.05. The molecule has 1 aliphatic rings. The molecule has 0 atom stereocenters. The molecule has 5 nitrogen and oxygen atoms in total. The van der Waals surface area contributed by atoms with Gasteiger partial charge in [0.25, 0.3) is 0 Å². The zero-order valence-corrected chi connectivity index (χ0v) is 11.5.